The van der Waals surface area contributed by atoms with E-state index in [1.807, 2.05) is 32.9 Å². The van der Waals surface area contributed by atoms with E-state index in [9.17, 15) is 4.79 Å². The maximum atomic E-state index is 12.7. The lowest BCUT2D eigenvalue weighted by molar-refractivity contribution is 0.102. The van der Waals surface area contributed by atoms with Crippen molar-refractivity contribution in [1.82, 2.24) is 4.98 Å². The number of nitrogens with zero attached hydrogens (tertiary/aromatic N) is 1. The first-order valence-corrected chi connectivity index (χ1v) is 9.54. The number of amides is 1. The molecule has 0 fully saturated rings. The lowest BCUT2D eigenvalue weighted by atomic mass is 10.2. The largest absolute Gasteiger partial charge is 0.494 e. The zero-order chi connectivity index (χ0) is 19.4. The number of rotatable bonds is 7. The minimum absolute atomic E-state index is 0.255. The molecule has 27 heavy (non-hydrogen) atoms. The quantitative estimate of drug-likeness (QED) is 0.639. The van der Waals surface area contributed by atoms with Crippen molar-refractivity contribution in [3.05, 3.63) is 41.5 Å². The van der Waals surface area contributed by atoms with E-state index in [1.54, 1.807) is 25.3 Å². The van der Waals surface area contributed by atoms with Crippen LogP contribution in [0.25, 0.3) is 10.2 Å². The Bertz CT molecular complexity index is 968. The number of hydrogen-bond acceptors (Lipinski definition) is 6. The van der Waals surface area contributed by atoms with Gasteiger partial charge in [-0.25, -0.2) is 4.98 Å². The van der Waals surface area contributed by atoms with Gasteiger partial charge < -0.3 is 14.2 Å². The summed E-state index contributed by atoms with van der Waals surface area (Å²) in [5.41, 5.74) is 2.31. The molecule has 0 unspecified atom stereocenters. The number of ether oxygens (including phenoxy) is 3. The van der Waals surface area contributed by atoms with Gasteiger partial charge in [0.1, 0.15) is 11.3 Å². The van der Waals surface area contributed by atoms with Gasteiger partial charge in [0.2, 0.25) is 0 Å². The Morgan fingerprint density at radius 2 is 1.78 bits per heavy atom. The number of thiazole rings is 1. The van der Waals surface area contributed by atoms with E-state index in [0.717, 1.165) is 15.8 Å². The molecule has 0 aliphatic rings. The first-order chi connectivity index (χ1) is 13.1. The molecule has 0 saturated heterocycles. The summed E-state index contributed by atoms with van der Waals surface area (Å²) in [4.78, 5) is 17.2. The van der Waals surface area contributed by atoms with Crippen molar-refractivity contribution in [3.8, 4) is 17.2 Å². The van der Waals surface area contributed by atoms with Crippen LogP contribution in [0, 0.1) is 6.92 Å². The van der Waals surface area contributed by atoms with Crippen LogP contribution in [-0.4, -0.2) is 31.2 Å². The van der Waals surface area contributed by atoms with Crippen LogP contribution in [-0.2, 0) is 0 Å². The van der Waals surface area contributed by atoms with E-state index in [-0.39, 0.29) is 5.91 Å². The summed E-state index contributed by atoms with van der Waals surface area (Å²) in [5.74, 6) is 1.60. The molecule has 1 aromatic heterocycles. The van der Waals surface area contributed by atoms with Gasteiger partial charge in [0.25, 0.3) is 5.91 Å². The van der Waals surface area contributed by atoms with Crippen LogP contribution >= 0.6 is 11.3 Å². The van der Waals surface area contributed by atoms with Crippen LogP contribution in [0.2, 0.25) is 0 Å². The molecule has 0 aliphatic heterocycles. The summed E-state index contributed by atoms with van der Waals surface area (Å²) in [6, 6.07) is 9.00. The second-order valence-electron chi connectivity index (χ2n) is 5.76. The lowest BCUT2D eigenvalue weighted by Crippen LogP contribution is -2.12. The Kier molecular flexibility index (Phi) is 5.81. The first-order valence-electron chi connectivity index (χ1n) is 8.72. The van der Waals surface area contributed by atoms with Crippen LogP contribution < -0.4 is 19.5 Å². The standard InChI is InChI=1S/C20H22N2O4S/c1-5-25-14-10-8-13(11-16(14)26-6-2)19(23)22-20-21-17-15(24-4)9-7-12(3)18(17)27-20/h7-11H,5-6H2,1-4H3,(H,21,22,23). The van der Waals surface area contributed by atoms with Crippen molar-refractivity contribution in [2.75, 3.05) is 25.6 Å². The Morgan fingerprint density at radius 1 is 1.07 bits per heavy atom. The predicted molar refractivity (Wildman–Crippen MR) is 108 cm³/mol. The molecule has 0 atom stereocenters. The van der Waals surface area contributed by atoms with Crippen molar-refractivity contribution in [1.29, 1.82) is 0 Å². The van der Waals surface area contributed by atoms with Crippen molar-refractivity contribution >= 4 is 32.6 Å². The second-order valence-corrected chi connectivity index (χ2v) is 6.76. The Labute approximate surface area is 162 Å². The molecule has 3 rings (SSSR count). The summed E-state index contributed by atoms with van der Waals surface area (Å²) < 4.78 is 17.5. The summed E-state index contributed by atoms with van der Waals surface area (Å²) >= 11 is 1.42. The third kappa shape index (κ3) is 3.98. The summed E-state index contributed by atoms with van der Waals surface area (Å²) in [7, 11) is 1.61. The molecule has 0 aliphatic carbocycles. The smallest absolute Gasteiger partial charge is 0.257 e. The van der Waals surface area contributed by atoms with Gasteiger partial charge in [-0.1, -0.05) is 17.4 Å². The number of anilines is 1. The normalized spacial score (nSPS) is 10.7. The highest BCUT2D eigenvalue weighted by atomic mass is 32.1. The molecule has 0 radical (unpaired) electrons. The molecule has 1 N–H and O–H groups in total. The molecule has 1 amide bonds. The number of methoxy groups -OCH3 is 1. The molecular weight excluding hydrogens is 364 g/mol. The molecule has 142 valence electrons. The second kappa shape index (κ2) is 8.26. The Balaban J connectivity index is 1.88. The third-order valence-electron chi connectivity index (χ3n) is 3.95. The van der Waals surface area contributed by atoms with Crippen molar-refractivity contribution < 1.29 is 19.0 Å². The number of fused-ring (bicyclic) bond motifs is 1. The van der Waals surface area contributed by atoms with Gasteiger partial charge >= 0.3 is 0 Å². The zero-order valence-electron chi connectivity index (χ0n) is 15.8. The third-order valence-corrected chi connectivity index (χ3v) is 5.06. The van der Waals surface area contributed by atoms with Gasteiger partial charge in [0.15, 0.2) is 16.6 Å². The van der Waals surface area contributed by atoms with Crippen molar-refractivity contribution in [2.24, 2.45) is 0 Å². The highest BCUT2D eigenvalue weighted by molar-refractivity contribution is 7.22. The number of carbonyl (C=O) groups excluding carboxylic acids is 1. The number of nitrogens with one attached hydrogen (secondary N) is 1. The molecule has 0 saturated carbocycles. The Morgan fingerprint density at radius 3 is 2.48 bits per heavy atom. The van der Waals surface area contributed by atoms with Gasteiger partial charge in [-0.2, -0.15) is 0 Å². The van der Waals surface area contributed by atoms with Crippen LogP contribution in [0.4, 0.5) is 5.13 Å². The van der Waals surface area contributed by atoms with Crippen LogP contribution in [0.5, 0.6) is 17.2 Å². The van der Waals surface area contributed by atoms with E-state index in [1.165, 1.54) is 11.3 Å². The Hall–Kier alpha value is -2.80. The number of aryl methyl sites for hydroxylation is 1. The monoisotopic (exact) mass is 386 g/mol. The number of carbonyl (C=O) groups is 1. The molecule has 0 bridgehead atoms. The van der Waals surface area contributed by atoms with Gasteiger partial charge in [-0.3, -0.25) is 10.1 Å². The molecule has 6 nitrogen and oxygen atoms in total. The van der Waals surface area contributed by atoms with E-state index < -0.39 is 0 Å². The van der Waals surface area contributed by atoms with Gasteiger partial charge in [-0.15, -0.1) is 0 Å². The minimum atomic E-state index is -0.255. The number of aromatic nitrogens is 1. The minimum Gasteiger partial charge on any atom is -0.494 e. The molecule has 2 aromatic carbocycles. The average molecular weight is 386 g/mol. The van der Waals surface area contributed by atoms with Crippen LogP contribution in [0.1, 0.15) is 29.8 Å². The van der Waals surface area contributed by atoms with Crippen molar-refractivity contribution in [2.45, 2.75) is 20.8 Å². The van der Waals surface area contributed by atoms with E-state index >= 15 is 0 Å². The van der Waals surface area contributed by atoms with E-state index in [2.05, 4.69) is 10.3 Å². The van der Waals surface area contributed by atoms with Crippen molar-refractivity contribution in [3.63, 3.8) is 0 Å². The molecule has 3 aromatic rings. The van der Waals surface area contributed by atoms with Crippen LogP contribution in [0.15, 0.2) is 30.3 Å². The number of hydrogen-bond donors (Lipinski definition) is 1. The maximum Gasteiger partial charge on any atom is 0.257 e. The first kappa shape index (κ1) is 19.0. The fourth-order valence-electron chi connectivity index (χ4n) is 2.69. The molecular formula is C20H22N2O4S. The zero-order valence-corrected chi connectivity index (χ0v) is 16.6. The summed E-state index contributed by atoms with van der Waals surface area (Å²) in [6.45, 7) is 6.81. The highest BCUT2D eigenvalue weighted by Gasteiger charge is 2.16. The molecule has 1 heterocycles. The highest BCUT2D eigenvalue weighted by Crippen LogP contribution is 2.35. The SMILES string of the molecule is CCOc1ccc(C(=O)Nc2nc3c(OC)ccc(C)c3s2)cc1OCC. The summed E-state index contributed by atoms with van der Waals surface area (Å²) in [5, 5.41) is 3.39. The predicted octanol–water partition coefficient (Wildman–Crippen LogP) is 4.66. The summed E-state index contributed by atoms with van der Waals surface area (Å²) in [6.07, 6.45) is 0. The lowest BCUT2D eigenvalue weighted by Gasteiger charge is -2.12. The van der Waals surface area contributed by atoms with Gasteiger partial charge in [0, 0.05) is 5.56 Å². The fraction of sp³-hybridized carbons (Fsp3) is 0.300. The molecule has 0 spiro atoms. The van der Waals surface area contributed by atoms with E-state index in [4.69, 9.17) is 14.2 Å². The maximum absolute atomic E-state index is 12.7. The average Bonchev–Trinajstić information content (AvgIpc) is 3.08. The number of benzene rings is 2. The van der Waals surface area contributed by atoms with E-state index in [0.29, 0.717) is 41.2 Å². The van der Waals surface area contributed by atoms with Crippen LogP contribution in [0.3, 0.4) is 0 Å². The van der Waals surface area contributed by atoms with Gasteiger partial charge in [0.05, 0.1) is 25.0 Å². The molecule has 7 heteroatoms. The fourth-order valence-corrected chi connectivity index (χ4v) is 3.64. The van der Waals surface area contributed by atoms with Gasteiger partial charge in [-0.05, 0) is 50.6 Å². The topological polar surface area (TPSA) is 69.7 Å².